The number of hydrogen-bond acceptors (Lipinski definition) is 4. The van der Waals surface area contributed by atoms with Crippen molar-refractivity contribution in [2.75, 3.05) is 7.11 Å². The Balaban J connectivity index is 3.27. The lowest BCUT2D eigenvalue weighted by Crippen LogP contribution is -1.96. The van der Waals surface area contributed by atoms with Crippen LogP contribution >= 0.6 is 0 Å². The minimum absolute atomic E-state index is 0.148. The summed E-state index contributed by atoms with van der Waals surface area (Å²) in [6, 6.07) is 4.43. The summed E-state index contributed by atoms with van der Waals surface area (Å²) in [5, 5.41) is 8.84. The molecule has 0 aliphatic rings. The van der Waals surface area contributed by atoms with Crippen LogP contribution in [0.5, 0.6) is 0 Å². The number of aliphatic imine (C=N–C) groups is 2. The van der Waals surface area contributed by atoms with Crippen molar-refractivity contribution in [1.82, 2.24) is 0 Å². The zero-order valence-electron chi connectivity index (χ0n) is 9.10. The van der Waals surface area contributed by atoms with Gasteiger partial charge in [-0.05, 0) is 24.9 Å². The normalized spacial score (nSPS) is 11.0. The number of carboxylic acids is 1. The Bertz CT molecular complexity index is 453. The van der Waals surface area contributed by atoms with Gasteiger partial charge in [-0.1, -0.05) is 0 Å². The molecular weight excluding hydrogens is 208 g/mol. The Hall–Kier alpha value is -2.17. The van der Waals surface area contributed by atoms with Gasteiger partial charge in [0.2, 0.25) is 0 Å². The highest BCUT2D eigenvalue weighted by Crippen LogP contribution is 2.28. The molecule has 84 valence electrons. The van der Waals surface area contributed by atoms with E-state index in [0.29, 0.717) is 17.3 Å². The fourth-order valence-electron chi connectivity index (χ4n) is 1.09. The van der Waals surface area contributed by atoms with Gasteiger partial charge in [-0.2, -0.15) is 0 Å². The maximum Gasteiger partial charge on any atom is 0.335 e. The summed E-state index contributed by atoms with van der Waals surface area (Å²) in [7, 11) is 1.49. The zero-order valence-corrected chi connectivity index (χ0v) is 9.10. The van der Waals surface area contributed by atoms with E-state index in [2.05, 4.69) is 16.7 Å². The van der Waals surface area contributed by atoms with Crippen LogP contribution in [-0.4, -0.2) is 30.8 Å². The number of methoxy groups -OCH3 is 1. The quantitative estimate of drug-likeness (QED) is 0.628. The number of aromatic carboxylic acids is 1. The molecule has 0 saturated carbocycles. The molecule has 0 saturated heterocycles. The predicted octanol–water partition coefficient (Wildman–Crippen LogP) is 2.41. The third-order valence-corrected chi connectivity index (χ3v) is 1.97. The van der Waals surface area contributed by atoms with Crippen LogP contribution in [0.25, 0.3) is 0 Å². The second-order valence-electron chi connectivity index (χ2n) is 3.00. The van der Waals surface area contributed by atoms with Crippen molar-refractivity contribution in [3.05, 3.63) is 23.8 Å². The summed E-state index contributed by atoms with van der Waals surface area (Å²) in [5.74, 6) is -0.588. The Morgan fingerprint density at radius 2 is 2.12 bits per heavy atom. The first kappa shape index (κ1) is 11.9. The van der Waals surface area contributed by atoms with Gasteiger partial charge in [0, 0.05) is 6.92 Å². The lowest BCUT2D eigenvalue weighted by Gasteiger charge is -2.03. The molecule has 0 amide bonds. The zero-order chi connectivity index (χ0) is 12.1. The monoisotopic (exact) mass is 220 g/mol. The second-order valence-corrected chi connectivity index (χ2v) is 3.00. The lowest BCUT2D eigenvalue weighted by molar-refractivity contribution is 0.0697. The topological polar surface area (TPSA) is 71.2 Å². The van der Waals surface area contributed by atoms with Crippen LogP contribution in [0.4, 0.5) is 11.4 Å². The van der Waals surface area contributed by atoms with Crippen LogP contribution in [0.3, 0.4) is 0 Å². The molecule has 5 nitrogen and oxygen atoms in total. The molecule has 1 aromatic carbocycles. The van der Waals surface area contributed by atoms with Crippen LogP contribution in [-0.2, 0) is 4.74 Å². The van der Waals surface area contributed by atoms with Gasteiger partial charge in [0.1, 0.15) is 0 Å². The third-order valence-electron chi connectivity index (χ3n) is 1.97. The van der Waals surface area contributed by atoms with E-state index in [1.807, 2.05) is 0 Å². The summed E-state index contributed by atoms with van der Waals surface area (Å²) in [4.78, 5) is 18.6. The Kier molecular flexibility index (Phi) is 3.77. The van der Waals surface area contributed by atoms with E-state index < -0.39 is 5.97 Å². The van der Waals surface area contributed by atoms with Gasteiger partial charge in [0.15, 0.2) is 5.90 Å². The number of rotatable bonds is 3. The highest BCUT2D eigenvalue weighted by atomic mass is 16.5. The Morgan fingerprint density at radius 1 is 1.44 bits per heavy atom. The van der Waals surface area contributed by atoms with Crippen molar-refractivity contribution in [3.63, 3.8) is 0 Å². The van der Waals surface area contributed by atoms with Crippen LogP contribution in [0, 0.1) is 0 Å². The minimum atomic E-state index is -1.01. The number of benzene rings is 1. The van der Waals surface area contributed by atoms with E-state index >= 15 is 0 Å². The molecule has 0 heterocycles. The SMILES string of the molecule is C=Nc1ccc(C(=O)O)cc1/N=C(\C)OC. The van der Waals surface area contributed by atoms with Gasteiger partial charge in [0.25, 0.3) is 0 Å². The molecule has 0 fully saturated rings. The Morgan fingerprint density at radius 3 is 2.62 bits per heavy atom. The standard InChI is InChI=1S/C11H12N2O3/c1-7(16-3)13-10-6-8(11(14)15)4-5-9(10)12-2/h4-6H,2H2,1,3H3,(H,14,15)/b13-7+. The van der Waals surface area contributed by atoms with E-state index in [-0.39, 0.29) is 5.56 Å². The van der Waals surface area contributed by atoms with Crippen molar-refractivity contribution in [2.24, 2.45) is 9.98 Å². The van der Waals surface area contributed by atoms with Crippen molar-refractivity contribution in [2.45, 2.75) is 6.92 Å². The first-order valence-electron chi connectivity index (χ1n) is 4.52. The number of carbonyl (C=O) groups is 1. The van der Waals surface area contributed by atoms with Crippen molar-refractivity contribution < 1.29 is 14.6 Å². The van der Waals surface area contributed by atoms with E-state index in [4.69, 9.17) is 9.84 Å². The number of hydrogen-bond donors (Lipinski definition) is 1. The molecule has 1 N–H and O–H groups in total. The predicted molar refractivity (Wildman–Crippen MR) is 62.4 cm³/mol. The van der Waals surface area contributed by atoms with E-state index in [1.165, 1.54) is 19.2 Å². The fourth-order valence-corrected chi connectivity index (χ4v) is 1.09. The molecule has 0 unspecified atom stereocenters. The third kappa shape index (κ3) is 2.66. The van der Waals surface area contributed by atoms with Gasteiger partial charge in [-0.3, -0.25) is 4.99 Å². The second kappa shape index (κ2) is 5.06. The summed E-state index contributed by atoms with van der Waals surface area (Å²) in [6.07, 6.45) is 0. The molecule has 16 heavy (non-hydrogen) atoms. The molecule has 0 aliphatic carbocycles. The van der Waals surface area contributed by atoms with E-state index in [1.54, 1.807) is 13.0 Å². The molecule has 0 aliphatic heterocycles. The molecule has 0 spiro atoms. The summed E-state index contributed by atoms with van der Waals surface area (Å²) < 4.78 is 4.89. The number of nitrogens with zero attached hydrogens (tertiary/aromatic N) is 2. The first-order valence-corrected chi connectivity index (χ1v) is 4.52. The summed E-state index contributed by atoms with van der Waals surface area (Å²) in [6.45, 7) is 5.06. The van der Waals surface area contributed by atoms with E-state index in [9.17, 15) is 4.79 Å². The lowest BCUT2D eigenvalue weighted by atomic mass is 10.2. The van der Waals surface area contributed by atoms with Gasteiger partial charge in [-0.25, -0.2) is 9.79 Å². The average Bonchev–Trinajstić information content (AvgIpc) is 2.28. The van der Waals surface area contributed by atoms with Gasteiger partial charge < -0.3 is 9.84 Å². The number of ether oxygens (including phenoxy) is 1. The van der Waals surface area contributed by atoms with Gasteiger partial charge in [0.05, 0.1) is 24.0 Å². The molecular formula is C11H12N2O3. The largest absolute Gasteiger partial charge is 0.484 e. The molecule has 0 radical (unpaired) electrons. The van der Waals surface area contributed by atoms with Gasteiger partial charge in [-0.15, -0.1) is 0 Å². The first-order chi connectivity index (χ1) is 7.58. The minimum Gasteiger partial charge on any atom is -0.484 e. The number of carboxylic acid groups (broad SMARTS) is 1. The molecule has 0 aromatic heterocycles. The van der Waals surface area contributed by atoms with Crippen LogP contribution < -0.4 is 0 Å². The smallest absolute Gasteiger partial charge is 0.335 e. The van der Waals surface area contributed by atoms with Crippen LogP contribution in [0.15, 0.2) is 28.2 Å². The maximum atomic E-state index is 10.8. The van der Waals surface area contributed by atoms with E-state index in [0.717, 1.165) is 0 Å². The molecule has 0 bridgehead atoms. The molecule has 5 heteroatoms. The van der Waals surface area contributed by atoms with Crippen LogP contribution in [0.1, 0.15) is 17.3 Å². The summed E-state index contributed by atoms with van der Waals surface area (Å²) >= 11 is 0. The van der Waals surface area contributed by atoms with Gasteiger partial charge >= 0.3 is 5.97 Å². The van der Waals surface area contributed by atoms with Crippen molar-refractivity contribution >= 4 is 30.0 Å². The Labute approximate surface area is 93.1 Å². The molecule has 1 aromatic rings. The maximum absolute atomic E-state index is 10.8. The highest BCUT2D eigenvalue weighted by molar-refractivity contribution is 5.91. The highest BCUT2D eigenvalue weighted by Gasteiger charge is 2.07. The fraction of sp³-hybridized carbons (Fsp3) is 0.182. The van der Waals surface area contributed by atoms with Crippen molar-refractivity contribution in [3.8, 4) is 0 Å². The molecule has 1 rings (SSSR count). The molecule has 0 atom stereocenters. The summed E-state index contributed by atoms with van der Waals surface area (Å²) in [5.41, 5.74) is 1.09. The van der Waals surface area contributed by atoms with Crippen LogP contribution in [0.2, 0.25) is 0 Å². The van der Waals surface area contributed by atoms with Crippen molar-refractivity contribution in [1.29, 1.82) is 0 Å². The average molecular weight is 220 g/mol.